The van der Waals surface area contributed by atoms with Gasteiger partial charge in [0, 0.05) is 26.1 Å². The van der Waals surface area contributed by atoms with Crippen LogP contribution in [0, 0.1) is 0 Å². The van der Waals surface area contributed by atoms with Crippen LogP contribution in [0.4, 0.5) is 31.1 Å². The van der Waals surface area contributed by atoms with Gasteiger partial charge >= 0.3 is 18.4 Å². The Kier molecular flexibility index (Phi) is 13.6. The number of hydrogen-bond donors (Lipinski definition) is 1. The zero-order valence-corrected chi connectivity index (χ0v) is 27.4. The highest BCUT2D eigenvalue weighted by atomic mass is 19.4. The van der Waals surface area contributed by atoms with Crippen molar-refractivity contribution in [3.63, 3.8) is 0 Å². The van der Waals surface area contributed by atoms with Gasteiger partial charge in [0.1, 0.15) is 17.1 Å². The Morgan fingerprint density at radius 1 is 0.830 bits per heavy atom. The highest BCUT2D eigenvalue weighted by Crippen LogP contribution is 2.38. The average Bonchev–Trinajstić information content (AvgIpc) is 2.98. The quantitative estimate of drug-likeness (QED) is 0.304. The molecule has 1 N–H and O–H groups in total. The molecule has 264 valence electrons. The van der Waals surface area contributed by atoms with Crippen molar-refractivity contribution in [2.75, 3.05) is 52.6 Å². The number of morpholine rings is 2. The molecule has 47 heavy (non-hydrogen) atoms. The highest BCUT2D eigenvalue weighted by molar-refractivity contribution is 5.68. The minimum atomic E-state index is -4.50. The van der Waals surface area contributed by atoms with Crippen molar-refractivity contribution in [1.29, 1.82) is 0 Å². The summed E-state index contributed by atoms with van der Waals surface area (Å²) in [7, 11) is 0. The minimum Gasteiger partial charge on any atom is -0.493 e. The molecule has 2 aromatic carbocycles. The number of ether oxygens (including phenoxy) is 5. The van der Waals surface area contributed by atoms with Crippen LogP contribution in [-0.4, -0.2) is 81.4 Å². The summed E-state index contributed by atoms with van der Waals surface area (Å²) in [6, 6.07) is 8.21. The van der Waals surface area contributed by atoms with Gasteiger partial charge in [-0.05, 0) is 76.4 Å². The number of carbonyl (C=O) groups excluding carboxylic acids is 1. The third kappa shape index (κ3) is 12.4. The molecule has 1 amide bonds. The molecular weight excluding hydrogens is 634 g/mol. The van der Waals surface area contributed by atoms with E-state index in [0.29, 0.717) is 43.9 Å². The Balaban J connectivity index is 0.000000267. The van der Waals surface area contributed by atoms with E-state index in [-0.39, 0.29) is 43.8 Å². The molecular formula is C33H44F6N2O6. The zero-order chi connectivity index (χ0) is 34.8. The smallest absolute Gasteiger partial charge is 0.419 e. The lowest BCUT2D eigenvalue weighted by molar-refractivity contribution is -0.139. The molecule has 2 aliphatic heterocycles. The van der Waals surface area contributed by atoms with Crippen molar-refractivity contribution in [1.82, 2.24) is 10.2 Å². The molecule has 0 saturated carbocycles. The SMILES string of the molecule is CCOc1ccc(C[C@@H]2CN(C(=O)OC(C)(C)C)CCO2)cc1C(F)(F)F.CCOc1ccc(C[C@@H]2CNCCO2)cc1C(F)(F)F. The monoisotopic (exact) mass is 678 g/mol. The zero-order valence-electron chi connectivity index (χ0n) is 27.4. The van der Waals surface area contributed by atoms with E-state index in [2.05, 4.69) is 5.32 Å². The Morgan fingerprint density at radius 2 is 1.34 bits per heavy atom. The number of halogens is 6. The van der Waals surface area contributed by atoms with Crippen LogP contribution in [0.5, 0.6) is 11.5 Å². The second-order valence-corrected chi connectivity index (χ2v) is 12.0. The number of benzene rings is 2. The van der Waals surface area contributed by atoms with Crippen molar-refractivity contribution in [2.24, 2.45) is 0 Å². The highest BCUT2D eigenvalue weighted by Gasteiger charge is 2.36. The molecule has 8 nitrogen and oxygen atoms in total. The van der Waals surface area contributed by atoms with Crippen molar-refractivity contribution < 1.29 is 54.8 Å². The lowest BCUT2D eigenvalue weighted by Crippen LogP contribution is -2.48. The largest absolute Gasteiger partial charge is 0.493 e. The van der Waals surface area contributed by atoms with Gasteiger partial charge < -0.3 is 33.9 Å². The third-order valence-corrected chi connectivity index (χ3v) is 7.02. The number of nitrogens with zero attached hydrogens (tertiary/aromatic N) is 1. The van der Waals surface area contributed by atoms with Gasteiger partial charge in [0.2, 0.25) is 0 Å². The number of hydrogen-bond acceptors (Lipinski definition) is 7. The summed E-state index contributed by atoms with van der Waals surface area (Å²) in [4.78, 5) is 13.7. The number of alkyl halides is 6. The molecule has 2 aliphatic rings. The standard InChI is InChI=1S/C19H26F3NO4.C14H18F3NO2/c1-5-25-16-7-6-13(11-15(16)19(20,21)22)10-14-12-23(8-9-26-14)17(24)27-18(2,3)4;1-2-19-13-4-3-10(8-12(13)14(15,16)17)7-11-9-18-5-6-20-11/h6-7,11,14H,5,8-10,12H2,1-4H3;3-4,8,11,18H,2,5-7,9H2,1H3/t14-;11-/m11/s1. The molecule has 4 rings (SSSR count). The maximum atomic E-state index is 13.3. The van der Waals surface area contributed by atoms with Crippen LogP contribution in [0.2, 0.25) is 0 Å². The van der Waals surface area contributed by atoms with Crippen LogP contribution in [0.15, 0.2) is 36.4 Å². The summed E-state index contributed by atoms with van der Waals surface area (Å²) in [5.74, 6) is -0.305. The predicted molar refractivity (Wildman–Crippen MR) is 163 cm³/mol. The molecule has 0 radical (unpaired) electrons. The molecule has 2 fully saturated rings. The molecule has 0 unspecified atom stereocenters. The lowest BCUT2D eigenvalue weighted by atomic mass is 10.0. The Hall–Kier alpha value is -3.23. The summed E-state index contributed by atoms with van der Waals surface area (Å²) in [5, 5.41) is 3.16. The molecule has 2 heterocycles. The normalized spacial score (nSPS) is 19.0. The molecule has 0 aliphatic carbocycles. The fourth-order valence-corrected chi connectivity index (χ4v) is 5.03. The van der Waals surface area contributed by atoms with Crippen LogP contribution in [0.3, 0.4) is 0 Å². The van der Waals surface area contributed by atoms with Crippen LogP contribution < -0.4 is 14.8 Å². The first-order valence-electron chi connectivity index (χ1n) is 15.6. The maximum Gasteiger partial charge on any atom is 0.419 e. The summed E-state index contributed by atoms with van der Waals surface area (Å²) >= 11 is 0. The van der Waals surface area contributed by atoms with Crippen molar-refractivity contribution >= 4 is 6.09 Å². The first-order valence-corrected chi connectivity index (χ1v) is 15.6. The molecule has 14 heteroatoms. The summed E-state index contributed by atoms with van der Waals surface area (Å²) in [6.07, 6.45) is -9.12. The maximum absolute atomic E-state index is 13.3. The number of carbonyl (C=O) groups is 1. The number of rotatable bonds is 8. The fourth-order valence-electron chi connectivity index (χ4n) is 5.03. The van der Waals surface area contributed by atoms with Gasteiger partial charge in [0.05, 0.1) is 56.3 Å². The minimum absolute atomic E-state index is 0.0808. The topological polar surface area (TPSA) is 78.5 Å². The summed E-state index contributed by atoms with van der Waals surface area (Å²) < 4.78 is 105. The molecule has 2 aromatic rings. The van der Waals surface area contributed by atoms with E-state index in [4.69, 9.17) is 23.7 Å². The molecule has 2 atom stereocenters. The first-order chi connectivity index (χ1) is 22.0. The molecule has 0 bridgehead atoms. The van der Waals surface area contributed by atoms with E-state index in [1.54, 1.807) is 46.8 Å². The van der Waals surface area contributed by atoms with Gasteiger partial charge in [-0.15, -0.1) is 0 Å². The van der Waals surface area contributed by atoms with Crippen molar-refractivity contribution in [2.45, 2.75) is 77.6 Å². The van der Waals surface area contributed by atoms with E-state index in [0.717, 1.165) is 18.7 Å². The van der Waals surface area contributed by atoms with Gasteiger partial charge in [-0.1, -0.05) is 12.1 Å². The molecule has 0 aromatic heterocycles. The van der Waals surface area contributed by atoms with Crippen LogP contribution >= 0.6 is 0 Å². The predicted octanol–water partition coefficient (Wildman–Crippen LogP) is 6.92. The van der Waals surface area contributed by atoms with Gasteiger partial charge in [-0.25, -0.2) is 4.79 Å². The van der Waals surface area contributed by atoms with E-state index in [9.17, 15) is 31.1 Å². The van der Waals surface area contributed by atoms with Gasteiger partial charge in [-0.3, -0.25) is 0 Å². The number of nitrogens with one attached hydrogen (secondary N) is 1. The van der Waals surface area contributed by atoms with Crippen molar-refractivity contribution in [3.8, 4) is 11.5 Å². The Labute approximate surface area is 271 Å². The number of amides is 1. The van der Waals surface area contributed by atoms with Crippen molar-refractivity contribution in [3.05, 3.63) is 58.7 Å². The van der Waals surface area contributed by atoms with Gasteiger partial charge in [0.25, 0.3) is 0 Å². The van der Waals surface area contributed by atoms with Gasteiger partial charge in [-0.2, -0.15) is 26.3 Å². The fraction of sp³-hybridized carbons (Fsp3) is 0.606. The summed E-state index contributed by atoms with van der Waals surface area (Å²) in [5.41, 5.74) is -1.06. The van der Waals surface area contributed by atoms with E-state index < -0.39 is 41.3 Å². The second-order valence-electron chi connectivity index (χ2n) is 12.0. The molecule has 0 spiro atoms. The first kappa shape index (κ1) is 38.2. The van der Waals surface area contributed by atoms with Crippen LogP contribution in [0.25, 0.3) is 0 Å². The second kappa shape index (κ2) is 16.7. The van der Waals surface area contributed by atoms with Crippen LogP contribution in [0.1, 0.15) is 56.9 Å². The van der Waals surface area contributed by atoms with E-state index in [1.165, 1.54) is 17.0 Å². The van der Waals surface area contributed by atoms with E-state index >= 15 is 0 Å². The Morgan fingerprint density at radius 3 is 1.79 bits per heavy atom. The lowest BCUT2D eigenvalue weighted by Gasteiger charge is -2.34. The van der Waals surface area contributed by atoms with Gasteiger partial charge in [0.15, 0.2) is 0 Å². The average molecular weight is 679 g/mol. The van der Waals surface area contributed by atoms with E-state index in [1.807, 2.05) is 0 Å². The molecule has 2 saturated heterocycles. The van der Waals surface area contributed by atoms with Crippen LogP contribution in [-0.2, 0) is 39.4 Å². The third-order valence-electron chi connectivity index (χ3n) is 7.02. The Bertz CT molecular complexity index is 1290. The summed E-state index contributed by atoms with van der Waals surface area (Å²) in [6.45, 7) is 12.0.